The minimum absolute atomic E-state index is 0.0277. The van der Waals surface area contributed by atoms with Gasteiger partial charge in [-0.05, 0) is 69.2 Å². The first kappa shape index (κ1) is 23.3. The molecule has 2 fully saturated rings. The number of ether oxygens (including phenoxy) is 1. The Balaban J connectivity index is 1.68. The van der Waals surface area contributed by atoms with Crippen LogP contribution in [0.4, 0.5) is 19.0 Å². The molecular formula is C22H24F3N3O4S. The van der Waals surface area contributed by atoms with Gasteiger partial charge in [-0.3, -0.25) is 4.79 Å². The molecule has 2 saturated carbocycles. The number of carbonyl (C=O) groups excluding carboxylic acids is 1. The molecular weight excluding hydrogens is 459 g/mol. The second kappa shape index (κ2) is 7.89. The van der Waals surface area contributed by atoms with E-state index in [9.17, 15) is 26.4 Å². The molecule has 0 spiro atoms. The summed E-state index contributed by atoms with van der Waals surface area (Å²) in [5, 5.41) is -0.436. The lowest BCUT2D eigenvalue weighted by Gasteiger charge is -2.31. The van der Waals surface area contributed by atoms with Crippen LogP contribution in [0.25, 0.3) is 0 Å². The van der Waals surface area contributed by atoms with Crippen molar-refractivity contribution in [3.8, 4) is 5.75 Å². The van der Waals surface area contributed by atoms with Crippen LogP contribution in [-0.4, -0.2) is 31.1 Å². The number of pyridine rings is 1. The topological polar surface area (TPSA) is 111 Å². The third-order valence-electron chi connectivity index (χ3n) is 6.32. The number of hydrogen-bond acceptors (Lipinski definition) is 6. The molecule has 11 heteroatoms. The molecule has 0 aliphatic heterocycles. The van der Waals surface area contributed by atoms with E-state index in [1.807, 2.05) is 4.72 Å². The SMILES string of the molecule is Cc1ccc(C2(C(F)(F)F)CC2)c(OC2(C(=O)NS(=O)(=O)c3cccc(N)n3)CCCC2)c1. The molecule has 0 unspecified atom stereocenters. The number of nitrogens with one attached hydrogen (secondary N) is 1. The zero-order valence-corrected chi connectivity index (χ0v) is 18.7. The first-order valence-corrected chi connectivity index (χ1v) is 12.0. The molecule has 0 radical (unpaired) electrons. The van der Waals surface area contributed by atoms with Gasteiger partial charge in [-0.2, -0.15) is 21.6 Å². The molecule has 1 heterocycles. The standard InChI is InChI=1S/C22H24F3N3O4S/c1-14-7-8-15(20(11-12-20)22(23,24)25)16(13-14)32-21(9-2-3-10-21)19(29)28-33(30,31)18-6-4-5-17(26)27-18/h4-8,13H,2-3,9-12H2,1H3,(H2,26,27)(H,28,29). The van der Waals surface area contributed by atoms with Crippen molar-refractivity contribution in [3.05, 3.63) is 47.5 Å². The maximum Gasteiger partial charge on any atom is 0.398 e. The highest BCUT2D eigenvalue weighted by Crippen LogP contribution is 2.61. The lowest BCUT2D eigenvalue weighted by molar-refractivity contribution is -0.161. The Hall–Kier alpha value is -2.82. The third-order valence-corrected chi connectivity index (χ3v) is 7.56. The molecule has 0 saturated heterocycles. The molecule has 2 aliphatic carbocycles. The molecule has 1 amide bonds. The Labute approximate surface area is 189 Å². The van der Waals surface area contributed by atoms with Crippen LogP contribution in [0.15, 0.2) is 41.4 Å². The summed E-state index contributed by atoms with van der Waals surface area (Å²) >= 11 is 0. The van der Waals surface area contributed by atoms with Crippen molar-refractivity contribution in [2.24, 2.45) is 0 Å². The molecule has 3 N–H and O–H groups in total. The highest BCUT2D eigenvalue weighted by molar-refractivity contribution is 7.90. The van der Waals surface area contributed by atoms with Gasteiger partial charge in [0, 0.05) is 5.56 Å². The number of nitrogen functional groups attached to an aromatic ring is 1. The maximum atomic E-state index is 13.8. The number of nitrogens with two attached hydrogens (primary N) is 1. The third kappa shape index (κ3) is 4.25. The minimum atomic E-state index is -4.46. The molecule has 178 valence electrons. The monoisotopic (exact) mass is 483 g/mol. The number of sulfonamides is 1. The zero-order chi connectivity index (χ0) is 24.1. The number of rotatable bonds is 6. The van der Waals surface area contributed by atoms with Crippen LogP contribution in [0.2, 0.25) is 0 Å². The maximum absolute atomic E-state index is 13.8. The van der Waals surface area contributed by atoms with E-state index in [0.717, 1.165) is 0 Å². The van der Waals surface area contributed by atoms with Crippen LogP contribution < -0.4 is 15.2 Å². The van der Waals surface area contributed by atoms with Gasteiger partial charge in [0.05, 0.1) is 5.41 Å². The van der Waals surface area contributed by atoms with E-state index >= 15 is 0 Å². The fourth-order valence-electron chi connectivity index (χ4n) is 4.32. The molecule has 0 atom stereocenters. The van der Waals surface area contributed by atoms with Crippen LogP contribution in [-0.2, 0) is 20.2 Å². The summed E-state index contributed by atoms with van der Waals surface area (Å²) in [5.74, 6) is -1.02. The first-order valence-electron chi connectivity index (χ1n) is 10.6. The van der Waals surface area contributed by atoms with Crippen LogP contribution in [0.1, 0.15) is 49.7 Å². The van der Waals surface area contributed by atoms with Gasteiger partial charge in [0.2, 0.25) is 0 Å². The molecule has 2 aromatic rings. The van der Waals surface area contributed by atoms with Crippen LogP contribution in [0.3, 0.4) is 0 Å². The number of benzene rings is 1. The van der Waals surface area contributed by atoms with Crippen molar-refractivity contribution in [1.29, 1.82) is 0 Å². The summed E-state index contributed by atoms with van der Waals surface area (Å²) < 4.78 is 75.0. The first-order chi connectivity index (χ1) is 15.4. The molecule has 0 bridgehead atoms. The quantitative estimate of drug-likeness (QED) is 0.647. The zero-order valence-electron chi connectivity index (χ0n) is 17.9. The predicted octanol–water partition coefficient (Wildman–Crippen LogP) is 3.76. The van der Waals surface area contributed by atoms with E-state index < -0.39 is 38.1 Å². The van der Waals surface area contributed by atoms with Crippen molar-refractivity contribution in [2.45, 2.75) is 67.7 Å². The summed E-state index contributed by atoms with van der Waals surface area (Å²) in [5.41, 5.74) is 2.56. The van der Waals surface area contributed by atoms with Crippen molar-refractivity contribution < 1.29 is 31.1 Å². The highest BCUT2D eigenvalue weighted by Gasteiger charge is 2.65. The van der Waals surface area contributed by atoms with Crippen molar-refractivity contribution in [3.63, 3.8) is 0 Å². The van der Waals surface area contributed by atoms with Crippen molar-refractivity contribution >= 4 is 21.7 Å². The van der Waals surface area contributed by atoms with E-state index in [1.54, 1.807) is 13.0 Å². The highest BCUT2D eigenvalue weighted by atomic mass is 32.2. The predicted molar refractivity (Wildman–Crippen MR) is 114 cm³/mol. The van der Waals surface area contributed by atoms with E-state index in [2.05, 4.69) is 4.98 Å². The molecule has 1 aromatic carbocycles. The van der Waals surface area contributed by atoms with Gasteiger partial charge in [0.25, 0.3) is 15.9 Å². The van der Waals surface area contributed by atoms with Gasteiger partial charge in [-0.15, -0.1) is 0 Å². The number of alkyl halides is 3. The van der Waals surface area contributed by atoms with E-state index in [0.29, 0.717) is 18.4 Å². The second-order valence-electron chi connectivity index (χ2n) is 8.72. The lowest BCUT2D eigenvalue weighted by atomic mass is 9.92. The number of carbonyl (C=O) groups is 1. The Morgan fingerprint density at radius 2 is 1.79 bits per heavy atom. The second-order valence-corrected chi connectivity index (χ2v) is 10.3. The van der Waals surface area contributed by atoms with Gasteiger partial charge < -0.3 is 10.5 Å². The summed E-state index contributed by atoms with van der Waals surface area (Å²) in [6.07, 6.45) is -3.12. The molecule has 4 rings (SSSR count). The Morgan fingerprint density at radius 3 is 2.36 bits per heavy atom. The molecule has 1 aromatic heterocycles. The number of anilines is 1. The number of amides is 1. The number of aromatic nitrogens is 1. The molecule has 33 heavy (non-hydrogen) atoms. The van der Waals surface area contributed by atoms with Crippen LogP contribution >= 0.6 is 0 Å². The fraction of sp³-hybridized carbons (Fsp3) is 0.455. The average molecular weight is 484 g/mol. The van der Waals surface area contributed by atoms with Crippen LogP contribution in [0.5, 0.6) is 5.75 Å². The fourth-order valence-corrected chi connectivity index (χ4v) is 5.34. The largest absolute Gasteiger partial charge is 0.477 e. The number of halogens is 3. The number of nitrogens with zero attached hydrogens (tertiary/aromatic N) is 1. The average Bonchev–Trinajstić information content (AvgIpc) is 3.40. The number of aryl methyl sites for hydroxylation is 1. The van der Waals surface area contributed by atoms with Crippen molar-refractivity contribution in [2.75, 3.05) is 5.73 Å². The van der Waals surface area contributed by atoms with Gasteiger partial charge in [-0.25, -0.2) is 9.71 Å². The molecule has 7 nitrogen and oxygen atoms in total. The van der Waals surface area contributed by atoms with Gasteiger partial charge in [-0.1, -0.05) is 18.2 Å². The summed E-state index contributed by atoms with van der Waals surface area (Å²) in [6.45, 7) is 1.71. The number of hydrogen-bond donors (Lipinski definition) is 2. The van der Waals surface area contributed by atoms with Crippen LogP contribution in [0, 0.1) is 6.92 Å². The van der Waals surface area contributed by atoms with Gasteiger partial charge in [0.15, 0.2) is 10.6 Å². The normalized spacial score (nSPS) is 19.2. The van der Waals surface area contributed by atoms with E-state index in [4.69, 9.17) is 10.5 Å². The lowest BCUT2D eigenvalue weighted by Crippen LogP contribution is -2.51. The van der Waals surface area contributed by atoms with Gasteiger partial charge >= 0.3 is 6.18 Å². The summed E-state index contributed by atoms with van der Waals surface area (Å²) in [6, 6.07) is 8.41. The summed E-state index contributed by atoms with van der Waals surface area (Å²) in [7, 11) is -4.36. The minimum Gasteiger partial charge on any atom is -0.477 e. The smallest absolute Gasteiger partial charge is 0.398 e. The van der Waals surface area contributed by atoms with Crippen molar-refractivity contribution in [1.82, 2.24) is 9.71 Å². The van der Waals surface area contributed by atoms with E-state index in [-0.39, 0.29) is 42.8 Å². The molecule has 2 aliphatic rings. The Kier molecular flexibility index (Phi) is 5.58. The van der Waals surface area contributed by atoms with Gasteiger partial charge in [0.1, 0.15) is 11.6 Å². The summed E-state index contributed by atoms with van der Waals surface area (Å²) in [4.78, 5) is 16.9. The Bertz CT molecular complexity index is 1190. The Morgan fingerprint density at radius 1 is 1.12 bits per heavy atom. The van der Waals surface area contributed by atoms with E-state index in [1.165, 1.54) is 30.3 Å².